The molecule has 0 radical (unpaired) electrons. The predicted molar refractivity (Wildman–Crippen MR) is 188 cm³/mol. The summed E-state index contributed by atoms with van der Waals surface area (Å²) in [7, 11) is 0. The van der Waals surface area contributed by atoms with Gasteiger partial charge in [0.2, 0.25) is 35.4 Å². The highest BCUT2D eigenvalue weighted by Gasteiger charge is 2.32. The summed E-state index contributed by atoms with van der Waals surface area (Å²) in [5, 5.41) is 22.8. The Morgan fingerprint density at radius 3 is 2.00 bits per heavy atom. The fraction of sp³-hybridized carbons (Fsp3) is 0.351. The largest absolute Gasteiger partial charge is 0.508 e. The molecule has 10 N–H and O–H groups in total. The van der Waals surface area contributed by atoms with Gasteiger partial charge in [-0.15, -0.1) is 0 Å². The van der Waals surface area contributed by atoms with E-state index in [0.717, 1.165) is 0 Å². The lowest BCUT2D eigenvalue weighted by Gasteiger charge is -2.26. The smallest absolute Gasteiger partial charge is 0.243 e. The van der Waals surface area contributed by atoms with Gasteiger partial charge in [-0.3, -0.25) is 28.8 Å². The SMILES string of the molecule is NC(=O)[C@@H]1CC(=O)NCCCC[C@@H](NC(=O)[C@@H](N)Cc2ccc(O)cc2)C(=O)N[C@@H](Cc2ccccc2)C(=O)N[C@@H](Cc2ccc(F)cc2)C(=O)N1. The maximum Gasteiger partial charge on any atom is 0.243 e. The number of carbonyl (C=O) groups excluding carboxylic acids is 6. The average molecular weight is 718 g/mol. The summed E-state index contributed by atoms with van der Waals surface area (Å²) in [5.74, 6) is -4.89. The molecule has 0 aliphatic carbocycles. The van der Waals surface area contributed by atoms with Gasteiger partial charge in [0, 0.05) is 19.4 Å². The topological polar surface area (TPSA) is 235 Å². The van der Waals surface area contributed by atoms with Gasteiger partial charge in [0.15, 0.2) is 0 Å². The minimum atomic E-state index is -1.40. The zero-order chi connectivity index (χ0) is 37.6. The number of benzene rings is 3. The van der Waals surface area contributed by atoms with E-state index in [1.165, 1.54) is 36.4 Å². The molecule has 276 valence electrons. The molecular formula is C37H44FN7O7. The van der Waals surface area contributed by atoms with E-state index in [2.05, 4.69) is 26.6 Å². The lowest BCUT2D eigenvalue weighted by molar-refractivity contribution is -0.135. The number of phenols is 1. The van der Waals surface area contributed by atoms with Crippen LogP contribution in [0, 0.1) is 5.82 Å². The van der Waals surface area contributed by atoms with Crippen molar-refractivity contribution in [2.75, 3.05) is 6.54 Å². The molecule has 1 saturated heterocycles. The van der Waals surface area contributed by atoms with Gasteiger partial charge in [-0.25, -0.2) is 4.39 Å². The summed E-state index contributed by atoms with van der Waals surface area (Å²) in [6.45, 7) is 0.158. The monoisotopic (exact) mass is 717 g/mol. The van der Waals surface area contributed by atoms with Crippen LogP contribution in [-0.2, 0) is 48.0 Å². The second-order valence-electron chi connectivity index (χ2n) is 12.7. The first-order valence-corrected chi connectivity index (χ1v) is 17.0. The van der Waals surface area contributed by atoms with E-state index in [1.807, 2.05) is 0 Å². The molecule has 4 rings (SSSR count). The van der Waals surface area contributed by atoms with E-state index in [9.17, 15) is 38.3 Å². The second kappa shape index (κ2) is 19.0. The molecule has 0 bridgehead atoms. The molecule has 52 heavy (non-hydrogen) atoms. The van der Waals surface area contributed by atoms with Crippen molar-refractivity contribution in [1.82, 2.24) is 26.6 Å². The molecule has 0 saturated carbocycles. The Kier molecular flexibility index (Phi) is 14.2. The third kappa shape index (κ3) is 12.2. The minimum absolute atomic E-state index is 0.00661. The Morgan fingerprint density at radius 1 is 0.788 bits per heavy atom. The molecule has 1 aliphatic heterocycles. The van der Waals surface area contributed by atoms with Crippen molar-refractivity contribution < 1.29 is 38.3 Å². The summed E-state index contributed by atoms with van der Waals surface area (Å²) in [4.78, 5) is 79.7. The van der Waals surface area contributed by atoms with E-state index in [-0.39, 0.29) is 38.0 Å². The first-order valence-electron chi connectivity index (χ1n) is 17.0. The fourth-order valence-electron chi connectivity index (χ4n) is 5.65. The molecule has 5 atom stereocenters. The van der Waals surface area contributed by atoms with Gasteiger partial charge in [-0.05, 0) is 66.6 Å². The van der Waals surface area contributed by atoms with Crippen LogP contribution in [0.2, 0.25) is 0 Å². The molecule has 1 heterocycles. The van der Waals surface area contributed by atoms with E-state index in [4.69, 9.17) is 11.5 Å². The standard InChI is InChI=1S/C37H44FN7O7/c38-25-13-9-24(10-14-25)20-31-36(51)43-29(33(40)48)21-32(47)41-17-5-4-8-28(42-34(49)27(39)18-23-11-15-26(46)16-12-23)35(50)44-30(37(52)45-31)19-22-6-2-1-3-7-22/h1-3,6-7,9-16,27-31,46H,4-5,8,17-21,39H2,(H2,40,48)(H,41,47)(H,42,49)(H,43,51)(H,44,50)(H,45,52)/t27-,28+,29-,30-,31-/m0/s1. The fourth-order valence-corrected chi connectivity index (χ4v) is 5.65. The number of nitrogens with two attached hydrogens (primary N) is 2. The highest BCUT2D eigenvalue weighted by molar-refractivity contribution is 5.97. The van der Waals surface area contributed by atoms with Crippen molar-refractivity contribution in [3.8, 4) is 5.75 Å². The maximum absolute atomic E-state index is 14.0. The maximum atomic E-state index is 14.0. The first kappa shape index (κ1) is 39.0. The van der Waals surface area contributed by atoms with Crippen LogP contribution >= 0.6 is 0 Å². The molecule has 0 spiro atoms. The molecule has 14 nitrogen and oxygen atoms in total. The van der Waals surface area contributed by atoms with E-state index >= 15 is 0 Å². The van der Waals surface area contributed by atoms with E-state index < -0.39 is 77.9 Å². The number of aromatic hydroxyl groups is 1. The van der Waals surface area contributed by atoms with Crippen LogP contribution in [0.1, 0.15) is 42.4 Å². The van der Waals surface area contributed by atoms with E-state index in [0.29, 0.717) is 29.5 Å². The van der Waals surface area contributed by atoms with Crippen molar-refractivity contribution in [1.29, 1.82) is 0 Å². The van der Waals surface area contributed by atoms with Crippen LogP contribution in [0.3, 0.4) is 0 Å². The second-order valence-corrected chi connectivity index (χ2v) is 12.7. The van der Waals surface area contributed by atoms with Crippen molar-refractivity contribution in [3.63, 3.8) is 0 Å². The number of amides is 6. The highest BCUT2D eigenvalue weighted by atomic mass is 19.1. The molecular weight excluding hydrogens is 673 g/mol. The van der Waals surface area contributed by atoms with Crippen molar-refractivity contribution >= 4 is 35.4 Å². The number of carbonyl (C=O) groups is 6. The summed E-state index contributed by atoms with van der Waals surface area (Å²) in [5.41, 5.74) is 13.6. The number of nitrogens with one attached hydrogen (secondary N) is 5. The predicted octanol–water partition coefficient (Wildman–Crippen LogP) is 0.00120. The zero-order valence-electron chi connectivity index (χ0n) is 28.5. The van der Waals surface area contributed by atoms with Gasteiger partial charge < -0.3 is 43.2 Å². The quantitative estimate of drug-likeness (QED) is 0.150. The van der Waals surface area contributed by atoms with Gasteiger partial charge >= 0.3 is 0 Å². The Balaban J connectivity index is 1.63. The van der Waals surface area contributed by atoms with Gasteiger partial charge in [-0.1, -0.05) is 54.6 Å². The highest BCUT2D eigenvalue weighted by Crippen LogP contribution is 2.13. The number of halogens is 1. The van der Waals surface area contributed by atoms with Gasteiger partial charge in [0.25, 0.3) is 0 Å². The van der Waals surface area contributed by atoms with Crippen LogP contribution < -0.4 is 38.1 Å². The van der Waals surface area contributed by atoms with Crippen LogP contribution in [-0.4, -0.2) is 77.3 Å². The Morgan fingerprint density at radius 2 is 1.37 bits per heavy atom. The molecule has 0 aromatic heterocycles. The molecule has 3 aromatic rings. The first-order chi connectivity index (χ1) is 24.9. The number of hydrogen-bond acceptors (Lipinski definition) is 8. The normalized spacial score (nSPS) is 21.3. The van der Waals surface area contributed by atoms with Gasteiger partial charge in [0.1, 0.15) is 35.7 Å². The zero-order valence-corrected chi connectivity index (χ0v) is 28.5. The third-order valence-corrected chi connectivity index (χ3v) is 8.55. The Labute approximate surface area is 300 Å². The number of rotatable bonds is 9. The van der Waals surface area contributed by atoms with Crippen LogP contribution in [0.15, 0.2) is 78.9 Å². The van der Waals surface area contributed by atoms with Crippen LogP contribution in [0.5, 0.6) is 5.75 Å². The lowest BCUT2D eigenvalue weighted by atomic mass is 10.0. The average Bonchev–Trinajstić information content (AvgIpc) is 3.11. The Hall–Kier alpha value is -5.83. The van der Waals surface area contributed by atoms with Crippen molar-refractivity contribution in [2.45, 2.75) is 75.2 Å². The van der Waals surface area contributed by atoms with Gasteiger partial charge in [-0.2, -0.15) is 0 Å². The minimum Gasteiger partial charge on any atom is -0.508 e. The molecule has 1 aliphatic rings. The molecule has 3 aromatic carbocycles. The lowest BCUT2D eigenvalue weighted by Crippen LogP contribution is -2.59. The summed E-state index contributed by atoms with van der Waals surface area (Å²) < 4.78 is 13.7. The Bertz CT molecular complexity index is 1710. The van der Waals surface area contributed by atoms with Crippen molar-refractivity contribution in [2.24, 2.45) is 11.5 Å². The van der Waals surface area contributed by atoms with Crippen molar-refractivity contribution in [3.05, 3.63) is 101 Å². The van der Waals surface area contributed by atoms with Crippen LogP contribution in [0.25, 0.3) is 0 Å². The van der Waals surface area contributed by atoms with Gasteiger partial charge in [0.05, 0.1) is 12.5 Å². The summed E-state index contributed by atoms with van der Waals surface area (Å²) in [6.07, 6.45) is 0.382. The molecule has 0 unspecified atom stereocenters. The van der Waals surface area contributed by atoms with E-state index in [1.54, 1.807) is 42.5 Å². The summed E-state index contributed by atoms with van der Waals surface area (Å²) in [6, 6.07) is 14.1. The number of primary amides is 1. The van der Waals surface area contributed by atoms with Crippen LogP contribution in [0.4, 0.5) is 4.39 Å². The molecule has 15 heteroatoms. The third-order valence-electron chi connectivity index (χ3n) is 8.55. The number of hydrogen-bond donors (Lipinski definition) is 8. The molecule has 6 amide bonds. The molecule has 1 fully saturated rings. The summed E-state index contributed by atoms with van der Waals surface area (Å²) >= 11 is 0. The number of phenolic OH excluding ortho intramolecular Hbond substituents is 1.